The highest BCUT2D eigenvalue weighted by Gasteiger charge is 2.18. The Morgan fingerprint density at radius 1 is 0.359 bits per heavy atom. The van der Waals surface area contributed by atoms with Gasteiger partial charge in [0.2, 0.25) is 0 Å². The zero-order valence-electron chi connectivity index (χ0n) is 23.3. The van der Waals surface area contributed by atoms with E-state index in [0.717, 1.165) is 44.5 Å². The second-order valence-electron chi connectivity index (χ2n) is 10.7. The summed E-state index contributed by atoms with van der Waals surface area (Å²) in [6, 6.07) is 9.87. The topological polar surface area (TPSA) is 121 Å². The van der Waals surface area contributed by atoms with Crippen molar-refractivity contribution < 1.29 is 30.6 Å². The number of rotatable bonds is 6. The fraction of sp³-hybridized carbons (Fsp3) is 0.273. The van der Waals surface area contributed by atoms with Crippen LogP contribution in [0.15, 0.2) is 36.4 Å². The van der Waals surface area contributed by atoms with Crippen molar-refractivity contribution in [3.8, 4) is 34.5 Å². The quantitative estimate of drug-likeness (QED) is 0.169. The van der Waals surface area contributed by atoms with Crippen LogP contribution in [0.3, 0.4) is 0 Å². The molecular weight excluding hydrogens is 492 g/mol. The molecule has 0 aliphatic carbocycles. The van der Waals surface area contributed by atoms with Gasteiger partial charge in [0.25, 0.3) is 0 Å². The highest BCUT2D eigenvalue weighted by atomic mass is 16.3. The minimum atomic E-state index is -0.0966. The number of benzene rings is 4. The second kappa shape index (κ2) is 10.4. The first-order chi connectivity index (χ1) is 18.3. The summed E-state index contributed by atoms with van der Waals surface area (Å²) < 4.78 is 0. The van der Waals surface area contributed by atoms with Crippen molar-refractivity contribution in [1.29, 1.82) is 0 Å². The third-order valence-electron chi connectivity index (χ3n) is 8.03. The third-order valence-corrected chi connectivity index (χ3v) is 8.03. The molecule has 0 aliphatic heterocycles. The van der Waals surface area contributed by atoms with Crippen molar-refractivity contribution in [2.24, 2.45) is 0 Å². The van der Waals surface area contributed by atoms with Crippen LogP contribution in [-0.4, -0.2) is 30.6 Å². The van der Waals surface area contributed by atoms with E-state index in [0.29, 0.717) is 35.1 Å². The van der Waals surface area contributed by atoms with Crippen LogP contribution in [0.25, 0.3) is 0 Å². The molecule has 204 valence electrons. The van der Waals surface area contributed by atoms with E-state index in [-0.39, 0.29) is 40.9 Å². The molecule has 39 heavy (non-hydrogen) atoms. The number of phenolic OH excluding ortho intramolecular Hbond substituents is 6. The van der Waals surface area contributed by atoms with Gasteiger partial charge in [-0.25, -0.2) is 0 Å². The molecule has 0 radical (unpaired) electrons. The van der Waals surface area contributed by atoms with Gasteiger partial charge in [0.1, 0.15) is 34.5 Å². The lowest BCUT2D eigenvalue weighted by Gasteiger charge is -2.17. The number of phenols is 6. The number of hydrogen-bond donors (Lipinski definition) is 6. The molecule has 6 nitrogen and oxygen atoms in total. The Hall–Kier alpha value is -4.32. The van der Waals surface area contributed by atoms with E-state index in [4.69, 9.17) is 0 Å². The molecule has 0 unspecified atom stereocenters. The first kappa shape index (κ1) is 27.7. The molecule has 0 saturated heterocycles. The summed E-state index contributed by atoms with van der Waals surface area (Å²) in [7, 11) is 0. The fourth-order valence-electron chi connectivity index (χ4n) is 5.20. The Bertz CT molecular complexity index is 1480. The normalized spacial score (nSPS) is 11.2. The number of aryl methyl sites for hydroxylation is 2. The average molecular weight is 529 g/mol. The number of hydrogen-bond acceptors (Lipinski definition) is 6. The molecule has 0 saturated carbocycles. The van der Waals surface area contributed by atoms with E-state index in [9.17, 15) is 30.6 Å². The maximum Gasteiger partial charge on any atom is 0.122 e. The van der Waals surface area contributed by atoms with Gasteiger partial charge in [-0.3, -0.25) is 0 Å². The van der Waals surface area contributed by atoms with Crippen LogP contribution in [0.5, 0.6) is 34.5 Å². The van der Waals surface area contributed by atoms with Gasteiger partial charge in [0.15, 0.2) is 0 Å². The lowest BCUT2D eigenvalue weighted by molar-refractivity contribution is 0.439. The molecule has 4 aromatic carbocycles. The largest absolute Gasteiger partial charge is 0.508 e. The van der Waals surface area contributed by atoms with Crippen molar-refractivity contribution in [3.05, 3.63) is 103 Å². The van der Waals surface area contributed by atoms with Gasteiger partial charge >= 0.3 is 0 Å². The minimum Gasteiger partial charge on any atom is -0.508 e. The predicted molar refractivity (Wildman–Crippen MR) is 153 cm³/mol. The van der Waals surface area contributed by atoms with Gasteiger partial charge in [-0.1, -0.05) is 12.1 Å². The highest BCUT2D eigenvalue weighted by Crippen LogP contribution is 2.37. The lowest BCUT2D eigenvalue weighted by atomic mass is 9.91. The van der Waals surface area contributed by atoms with E-state index >= 15 is 0 Å². The average Bonchev–Trinajstić information content (AvgIpc) is 2.88. The standard InChI is InChI=1S/C33H36O6/c1-16-7-22(18(3)20(5)32(16)38)9-24-11-26(30(36)14-28(24)34)13-27-12-25(29(35)15-31(27)37)10-23-8-17(2)33(39)21(6)19(23)4/h7-8,11-12,14-15,34-39H,9-10,13H2,1-6H3. The summed E-state index contributed by atoms with van der Waals surface area (Å²) in [6.07, 6.45) is 0.981. The van der Waals surface area contributed by atoms with Crippen molar-refractivity contribution >= 4 is 0 Å². The van der Waals surface area contributed by atoms with Crippen LogP contribution in [0.4, 0.5) is 0 Å². The molecular formula is C33H36O6. The molecule has 0 fully saturated rings. The van der Waals surface area contributed by atoms with Crippen LogP contribution in [0.1, 0.15) is 66.8 Å². The molecule has 0 aromatic heterocycles. The number of aromatic hydroxyl groups is 6. The Morgan fingerprint density at radius 2 is 0.641 bits per heavy atom. The molecule has 0 atom stereocenters. The molecule has 6 heteroatoms. The maximum absolute atomic E-state index is 10.6. The SMILES string of the molecule is Cc1cc(Cc2cc(Cc3cc(Cc4cc(C)c(O)c(C)c4C)c(O)cc3O)c(O)cc2O)c(C)c(C)c1O. The van der Waals surface area contributed by atoms with Crippen molar-refractivity contribution in [3.63, 3.8) is 0 Å². The molecule has 4 rings (SSSR count). The van der Waals surface area contributed by atoms with E-state index in [2.05, 4.69) is 0 Å². The zero-order chi connectivity index (χ0) is 28.8. The molecule has 4 aromatic rings. The zero-order valence-corrected chi connectivity index (χ0v) is 23.3. The predicted octanol–water partition coefficient (Wildman–Crippen LogP) is 6.54. The Kier molecular flexibility index (Phi) is 7.42. The second-order valence-corrected chi connectivity index (χ2v) is 10.7. The van der Waals surface area contributed by atoms with Gasteiger partial charge in [-0.15, -0.1) is 0 Å². The maximum atomic E-state index is 10.6. The van der Waals surface area contributed by atoms with Crippen molar-refractivity contribution in [2.45, 2.75) is 60.8 Å². The molecule has 0 aliphatic rings. The summed E-state index contributed by atoms with van der Waals surface area (Å²) in [5.41, 5.74) is 9.13. The van der Waals surface area contributed by atoms with Crippen LogP contribution in [0, 0.1) is 41.5 Å². The van der Waals surface area contributed by atoms with Crippen LogP contribution >= 0.6 is 0 Å². The Labute approximate surface area is 229 Å². The molecule has 0 heterocycles. The van der Waals surface area contributed by atoms with Crippen molar-refractivity contribution in [1.82, 2.24) is 0 Å². The van der Waals surface area contributed by atoms with Gasteiger partial charge in [-0.05, 0) is 120 Å². The molecule has 0 spiro atoms. The van der Waals surface area contributed by atoms with Crippen LogP contribution in [0.2, 0.25) is 0 Å². The summed E-state index contributed by atoms with van der Waals surface area (Å²) in [5.74, 6) is 0.254. The molecule has 0 amide bonds. The van der Waals surface area contributed by atoms with Crippen LogP contribution in [-0.2, 0) is 19.3 Å². The minimum absolute atomic E-state index is 0.0387. The van der Waals surface area contributed by atoms with Crippen molar-refractivity contribution in [2.75, 3.05) is 0 Å². The Morgan fingerprint density at radius 3 is 0.949 bits per heavy atom. The third kappa shape index (κ3) is 5.32. The first-order valence-electron chi connectivity index (χ1n) is 12.9. The Balaban J connectivity index is 1.69. The van der Waals surface area contributed by atoms with Gasteiger partial charge in [0, 0.05) is 31.4 Å². The van der Waals surface area contributed by atoms with Gasteiger partial charge in [-0.2, -0.15) is 0 Å². The summed E-state index contributed by atoms with van der Waals surface area (Å²) in [4.78, 5) is 0. The molecule has 6 N–H and O–H groups in total. The summed E-state index contributed by atoms with van der Waals surface area (Å²) in [5, 5.41) is 63.0. The van der Waals surface area contributed by atoms with Crippen LogP contribution < -0.4 is 0 Å². The highest BCUT2D eigenvalue weighted by molar-refractivity contribution is 5.56. The van der Waals surface area contributed by atoms with E-state index in [1.165, 1.54) is 12.1 Å². The van der Waals surface area contributed by atoms with E-state index in [1.807, 2.05) is 53.7 Å². The first-order valence-corrected chi connectivity index (χ1v) is 12.9. The fourth-order valence-corrected chi connectivity index (χ4v) is 5.20. The van der Waals surface area contributed by atoms with E-state index in [1.54, 1.807) is 12.1 Å². The monoisotopic (exact) mass is 528 g/mol. The summed E-state index contributed by atoms with van der Waals surface area (Å²) in [6.45, 7) is 11.2. The van der Waals surface area contributed by atoms with Gasteiger partial charge < -0.3 is 30.6 Å². The molecule has 0 bridgehead atoms. The lowest BCUT2D eigenvalue weighted by Crippen LogP contribution is -2.00. The smallest absolute Gasteiger partial charge is 0.122 e. The van der Waals surface area contributed by atoms with E-state index < -0.39 is 0 Å². The summed E-state index contributed by atoms with van der Waals surface area (Å²) >= 11 is 0. The van der Waals surface area contributed by atoms with Gasteiger partial charge in [0.05, 0.1) is 0 Å².